The van der Waals surface area contributed by atoms with E-state index in [1.807, 2.05) is 45.2 Å². The van der Waals surface area contributed by atoms with Crippen molar-refractivity contribution in [2.45, 2.75) is 45.1 Å². The molecule has 148 valence electrons. The number of carbonyl (C=O) groups is 1. The van der Waals surface area contributed by atoms with Crippen LogP contribution in [-0.4, -0.2) is 39.9 Å². The van der Waals surface area contributed by atoms with Crippen molar-refractivity contribution in [2.75, 3.05) is 18.4 Å². The Morgan fingerprint density at radius 1 is 1.37 bits per heavy atom. The monoisotopic (exact) mass is 393 g/mol. The average Bonchev–Trinajstić information content (AvgIpc) is 2.96. The third kappa shape index (κ3) is 5.94. The molecule has 8 heteroatoms. The summed E-state index contributed by atoms with van der Waals surface area (Å²) in [5.41, 5.74) is 0.904. The van der Waals surface area contributed by atoms with Crippen LogP contribution in [0.3, 0.4) is 0 Å². The standard InChI is InChI=1S/C19H27N5O2.ClH/c1-13(2)26-16-6-4-5-14(11-16)12-17(25)21-19-22-18(23-24(19)3)15-7-9-20-10-8-15;/h4-6,11,13,15,20H,7-10,12H2,1-3H3,(H,21,22,23,25);1H. The van der Waals surface area contributed by atoms with Crippen LogP contribution < -0.4 is 15.4 Å². The number of benzene rings is 1. The van der Waals surface area contributed by atoms with Crippen LogP contribution >= 0.6 is 12.4 Å². The van der Waals surface area contributed by atoms with Crippen molar-refractivity contribution in [3.8, 4) is 5.75 Å². The number of aromatic nitrogens is 3. The second-order valence-electron chi connectivity index (χ2n) is 6.98. The van der Waals surface area contributed by atoms with E-state index in [4.69, 9.17) is 4.74 Å². The highest BCUT2D eigenvalue weighted by atomic mass is 35.5. The predicted molar refractivity (Wildman–Crippen MR) is 108 cm³/mol. The molecule has 0 atom stereocenters. The minimum atomic E-state index is -0.112. The first-order valence-corrected chi connectivity index (χ1v) is 9.18. The first kappa shape index (κ1) is 21.2. The number of hydrogen-bond donors (Lipinski definition) is 2. The Hall–Kier alpha value is -2.12. The number of amides is 1. The second-order valence-corrected chi connectivity index (χ2v) is 6.98. The fourth-order valence-electron chi connectivity index (χ4n) is 3.12. The third-order valence-electron chi connectivity index (χ3n) is 4.37. The zero-order chi connectivity index (χ0) is 18.5. The van der Waals surface area contributed by atoms with Gasteiger partial charge in [-0.15, -0.1) is 12.4 Å². The lowest BCUT2D eigenvalue weighted by Gasteiger charge is -2.19. The molecule has 7 nitrogen and oxygen atoms in total. The SMILES string of the molecule is CC(C)Oc1cccc(CC(=O)Nc2nc(C3CCNCC3)nn2C)c1.Cl. The van der Waals surface area contributed by atoms with Crippen molar-refractivity contribution >= 4 is 24.3 Å². The van der Waals surface area contributed by atoms with Crippen LogP contribution in [0, 0.1) is 0 Å². The first-order valence-electron chi connectivity index (χ1n) is 9.18. The third-order valence-corrected chi connectivity index (χ3v) is 4.37. The van der Waals surface area contributed by atoms with Gasteiger partial charge in [-0.3, -0.25) is 10.1 Å². The van der Waals surface area contributed by atoms with Crippen LogP contribution in [0.4, 0.5) is 5.95 Å². The molecule has 2 aromatic rings. The molecule has 27 heavy (non-hydrogen) atoms. The molecule has 1 aromatic heterocycles. The van der Waals surface area contributed by atoms with Gasteiger partial charge in [0.1, 0.15) is 5.75 Å². The van der Waals surface area contributed by atoms with Crippen molar-refractivity contribution in [1.29, 1.82) is 0 Å². The molecule has 1 fully saturated rings. The van der Waals surface area contributed by atoms with Crippen molar-refractivity contribution in [3.05, 3.63) is 35.7 Å². The highest BCUT2D eigenvalue weighted by Gasteiger charge is 2.21. The lowest BCUT2D eigenvalue weighted by molar-refractivity contribution is -0.115. The van der Waals surface area contributed by atoms with Gasteiger partial charge >= 0.3 is 0 Å². The van der Waals surface area contributed by atoms with Crippen LogP contribution in [0.15, 0.2) is 24.3 Å². The molecule has 0 unspecified atom stereocenters. The van der Waals surface area contributed by atoms with E-state index in [0.717, 1.165) is 43.1 Å². The number of halogens is 1. The number of nitrogens with zero attached hydrogens (tertiary/aromatic N) is 3. The molecule has 1 aliphatic heterocycles. The summed E-state index contributed by atoms with van der Waals surface area (Å²) in [6.45, 7) is 5.93. The zero-order valence-electron chi connectivity index (χ0n) is 16.1. The topological polar surface area (TPSA) is 81.1 Å². The molecule has 0 spiro atoms. The molecule has 0 saturated carbocycles. The lowest BCUT2D eigenvalue weighted by atomic mass is 9.98. The van der Waals surface area contributed by atoms with Gasteiger partial charge in [0.15, 0.2) is 5.82 Å². The summed E-state index contributed by atoms with van der Waals surface area (Å²) in [5.74, 6) is 2.34. The second kappa shape index (κ2) is 9.71. The Morgan fingerprint density at radius 3 is 2.81 bits per heavy atom. The molecule has 2 heterocycles. The van der Waals surface area contributed by atoms with Crippen molar-refractivity contribution in [1.82, 2.24) is 20.1 Å². The van der Waals surface area contributed by atoms with Crippen LogP contribution in [0.2, 0.25) is 0 Å². The van der Waals surface area contributed by atoms with Gasteiger partial charge < -0.3 is 10.1 Å². The summed E-state index contributed by atoms with van der Waals surface area (Å²) >= 11 is 0. The highest BCUT2D eigenvalue weighted by Crippen LogP contribution is 2.23. The number of anilines is 1. The summed E-state index contributed by atoms with van der Waals surface area (Å²) in [6.07, 6.45) is 2.43. The maximum Gasteiger partial charge on any atom is 0.231 e. The quantitative estimate of drug-likeness (QED) is 0.788. The van der Waals surface area contributed by atoms with E-state index < -0.39 is 0 Å². The number of nitrogens with one attached hydrogen (secondary N) is 2. The van der Waals surface area contributed by atoms with Crippen molar-refractivity contribution in [3.63, 3.8) is 0 Å². The number of piperidine rings is 1. The molecule has 1 amide bonds. The summed E-state index contributed by atoms with van der Waals surface area (Å²) < 4.78 is 7.33. The molecular formula is C19H28ClN5O2. The molecule has 0 bridgehead atoms. The number of carbonyl (C=O) groups excluding carboxylic acids is 1. The van der Waals surface area contributed by atoms with E-state index in [0.29, 0.717) is 11.9 Å². The van der Waals surface area contributed by atoms with Crippen LogP contribution in [0.25, 0.3) is 0 Å². The highest BCUT2D eigenvalue weighted by molar-refractivity contribution is 5.90. The minimum Gasteiger partial charge on any atom is -0.491 e. The average molecular weight is 394 g/mol. The Morgan fingerprint density at radius 2 is 2.11 bits per heavy atom. The van der Waals surface area contributed by atoms with E-state index in [-0.39, 0.29) is 30.8 Å². The van der Waals surface area contributed by atoms with Gasteiger partial charge in [-0.05, 0) is 57.5 Å². The maximum absolute atomic E-state index is 12.4. The summed E-state index contributed by atoms with van der Waals surface area (Å²) in [4.78, 5) is 16.9. The molecule has 0 aliphatic carbocycles. The lowest BCUT2D eigenvalue weighted by Crippen LogP contribution is -2.27. The van der Waals surface area contributed by atoms with Gasteiger partial charge in [-0.25, -0.2) is 4.68 Å². The molecule has 2 N–H and O–H groups in total. The van der Waals surface area contributed by atoms with Crippen LogP contribution in [-0.2, 0) is 18.3 Å². The van der Waals surface area contributed by atoms with Crippen LogP contribution in [0.5, 0.6) is 5.75 Å². The first-order chi connectivity index (χ1) is 12.5. The fourth-order valence-corrected chi connectivity index (χ4v) is 3.12. The largest absolute Gasteiger partial charge is 0.491 e. The smallest absolute Gasteiger partial charge is 0.231 e. The number of rotatable bonds is 6. The van der Waals surface area contributed by atoms with E-state index in [1.165, 1.54) is 0 Å². The van der Waals surface area contributed by atoms with Gasteiger partial charge in [0.2, 0.25) is 11.9 Å². The maximum atomic E-state index is 12.4. The van der Waals surface area contributed by atoms with Gasteiger partial charge in [0.25, 0.3) is 0 Å². The van der Waals surface area contributed by atoms with Crippen molar-refractivity contribution in [2.24, 2.45) is 7.05 Å². The van der Waals surface area contributed by atoms with E-state index in [9.17, 15) is 4.79 Å². The molecule has 1 aromatic carbocycles. The summed E-state index contributed by atoms with van der Waals surface area (Å²) in [7, 11) is 1.81. The van der Waals surface area contributed by atoms with Crippen LogP contribution in [0.1, 0.15) is 44.0 Å². The van der Waals surface area contributed by atoms with Gasteiger partial charge in [0.05, 0.1) is 12.5 Å². The van der Waals surface area contributed by atoms with Gasteiger partial charge in [0, 0.05) is 13.0 Å². The van der Waals surface area contributed by atoms with Gasteiger partial charge in [-0.2, -0.15) is 10.1 Å². The van der Waals surface area contributed by atoms with E-state index >= 15 is 0 Å². The fraction of sp³-hybridized carbons (Fsp3) is 0.526. The van der Waals surface area contributed by atoms with E-state index in [1.54, 1.807) is 4.68 Å². The Bertz CT molecular complexity index is 756. The number of aryl methyl sites for hydroxylation is 1. The van der Waals surface area contributed by atoms with Crippen molar-refractivity contribution < 1.29 is 9.53 Å². The predicted octanol–water partition coefficient (Wildman–Crippen LogP) is 2.67. The van der Waals surface area contributed by atoms with Gasteiger partial charge in [-0.1, -0.05) is 12.1 Å². The summed E-state index contributed by atoms with van der Waals surface area (Å²) in [5, 5.41) is 10.7. The Labute approximate surface area is 166 Å². The zero-order valence-corrected chi connectivity index (χ0v) is 16.9. The molecular weight excluding hydrogens is 366 g/mol. The Balaban J connectivity index is 0.00000261. The molecule has 0 radical (unpaired) electrons. The Kier molecular flexibility index (Phi) is 7.62. The number of hydrogen-bond acceptors (Lipinski definition) is 5. The summed E-state index contributed by atoms with van der Waals surface area (Å²) in [6, 6.07) is 7.62. The normalized spacial score (nSPS) is 14.7. The number of ether oxygens (including phenoxy) is 1. The minimum absolute atomic E-state index is 0. The van der Waals surface area contributed by atoms with E-state index in [2.05, 4.69) is 20.7 Å². The molecule has 3 rings (SSSR count). The molecule has 1 aliphatic rings. The molecule has 1 saturated heterocycles.